The lowest BCUT2D eigenvalue weighted by Gasteiger charge is -2.42. The van der Waals surface area contributed by atoms with Crippen LogP contribution in [0.15, 0.2) is 18.3 Å². The van der Waals surface area contributed by atoms with E-state index in [-0.39, 0.29) is 25.2 Å². The van der Waals surface area contributed by atoms with Crippen molar-refractivity contribution in [2.75, 3.05) is 13.1 Å². The Hall–Kier alpha value is -2.36. The number of alkyl halides is 3. The number of amides is 2. The lowest BCUT2D eigenvalue weighted by atomic mass is 9.85. The predicted octanol–water partition coefficient (Wildman–Crippen LogP) is 1.84. The molecule has 2 amide bonds. The Morgan fingerprint density at radius 2 is 2.08 bits per heavy atom. The van der Waals surface area contributed by atoms with E-state index in [4.69, 9.17) is 5.11 Å². The van der Waals surface area contributed by atoms with Crippen LogP contribution in [-0.4, -0.2) is 52.2 Å². The Balaban J connectivity index is 1.75. The molecule has 1 aliphatic carbocycles. The van der Waals surface area contributed by atoms with Crippen LogP contribution in [0.3, 0.4) is 0 Å². The molecule has 0 radical (unpaired) electrons. The number of carboxylic acids is 1. The summed E-state index contributed by atoms with van der Waals surface area (Å²) in [7, 11) is 0. The SMILES string of the molecule is CCN(CC(=O)O)C1CC(NC(=O)NCc2ccnc(C(F)(F)F)c2)C1. The Morgan fingerprint density at radius 1 is 1.38 bits per heavy atom. The van der Waals surface area contributed by atoms with E-state index in [9.17, 15) is 22.8 Å². The molecule has 1 aromatic rings. The molecule has 0 saturated heterocycles. The third-order valence-electron chi connectivity index (χ3n) is 4.28. The number of nitrogens with one attached hydrogen (secondary N) is 2. The van der Waals surface area contributed by atoms with Crippen LogP contribution < -0.4 is 10.6 Å². The fourth-order valence-electron chi connectivity index (χ4n) is 2.83. The third kappa shape index (κ3) is 5.58. The van der Waals surface area contributed by atoms with E-state index in [1.807, 2.05) is 11.8 Å². The van der Waals surface area contributed by atoms with Crippen molar-refractivity contribution in [3.63, 3.8) is 0 Å². The summed E-state index contributed by atoms with van der Waals surface area (Å²) in [6.45, 7) is 2.40. The van der Waals surface area contributed by atoms with Crippen LogP contribution in [0.1, 0.15) is 31.0 Å². The first-order valence-electron chi connectivity index (χ1n) is 8.21. The first-order valence-corrected chi connectivity index (χ1v) is 8.21. The number of aromatic nitrogens is 1. The minimum absolute atomic E-state index is 0.0380. The van der Waals surface area contributed by atoms with Crippen molar-refractivity contribution in [1.82, 2.24) is 20.5 Å². The molecule has 7 nitrogen and oxygen atoms in total. The lowest BCUT2D eigenvalue weighted by molar-refractivity contribution is -0.141. The fourth-order valence-corrected chi connectivity index (χ4v) is 2.83. The molecule has 1 fully saturated rings. The zero-order chi connectivity index (χ0) is 19.3. The molecule has 0 bridgehead atoms. The average molecular weight is 374 g/mol. The molecule has 0 aliphatic heterocycles. The summed E-state index contributed by atoms with van der Waals surface area (Å²) < 4.78 is 37.8. The summed E-state index contributed by atoms with van der Waals surface area (Å²) in [6, 6.07) is 1.85. The summed E-state index contributed by atoms with van der Waals surface area (Å²) in [5, 5.41) is 14.1. The monoisotopic (exact) mass is 374 g/mol. The van der Waals surface area contributed by atoms with Crippen molar-refractivity contribution < 1.29 is 27.9 Å². The van der Waals surface area contributed by atoms with E-state index in [1.54, 1.807) is 0 Å². The van der Waals surface area contributed by atoms with Crippen LogP contribution in [0.4, 0.5) is 18.0 Å². The van der Waals surface area contributed by atoms with Gasteiger partial charge in [-0.15, -0.1) is 0 Å². The molecule has 0 spiro atoms. The maximum Gasteiger partial charge on any atom is 0.433 e. The molecule has 144 valence electrons. The summed E-state index contributed by atoms with van der Waals surface area (Å²) in [5.74, 6) is -0.892. The minimum Gasteiger partial charge on any atom is -0.480 e. The van der Waals surface area contributed by atoms with Gasteiger partial charge in [-0.05, 0) is 37.1 Å². The maximum absolute atomic E-state index is 12.6. The van der Waals surface area contributed by atoms with Crippen molar-refractivity contribution in [3.8, 4) is 0 Å². The molecule has 26 heavy (non-hydrogen) atoms. The van der Waals surface area contributed by atoms with Crippen LogP contribution in [0, 0.1) is 0 Å². The van der Waals surface area contributed by atoms with Gasteiger partial charge < -0.3 is 15.7 Å². The smallest absolute Gasteiger partial charge is 0.433 e. The van der Waals surface area contributed by atoms with Gasteiger partial charge in [0, 0.05) is 24.8 Å². The summed E-state index contributed by atoms with van der Waals surface area (Å²) >= 11 is 0. The average Bonchev–Trinajstić information content (AvgIpc) is 2.53. The van der Waals surface area contributed by atoms with E-state index in [0.29, 0.717) is 24.9 Å². The molecular formula is C16H21F3N4O3. The van der Waals surface area contributed by atoms with Crippen molar-refractivity contribution in [3.05, 3.63) is 29.6 Å². The first-order chi connectivity index (χ1) is 12.2. The Bertz CT molecular complexity index is 648. The molecule has 0 unspecified atom stereocenters. The quantitative estimate of drug-likeness (QED) is 0.677. The van der Waals surface area contributed by atoms with Crippen LogP contribution in [-0.2, 0) is 17.5 Å². The number of hydrogen-bond donors (Lipinski definition) is 3. The van der Waals surface area contributed by atoms with Gasteiger partial charge in [0.15, 0.2) is 0 Å². The van der Waals surface area contributed by atoms with Gasteiger partial charge in [0.1, 0.15) is 5.69 Å². The van der Waals surface area contributed by atoms with Gasteiger partial charge in [-0.25, -0.2) is 4.79 Å². The maximum atomic E-state index is 12.6. The van der Waals surface area contributed by atoms with Crippen molar-refractivity contribution in [1.29, 1.82) is 0 Å². The highest BCUT2D eigenvalue weighted by atomic mass is 19.4. The van der Waals surface area contributed by atoms with Gasteiger partial charge in [-0.2, -0.15) is 13.2 Å². The number of aliphatic carboxylic acids is 1. The predicted molar refractivity (Wildman–Crippen MR) is 86.3 cm³/mol. The van der Waals surface area contributed by atoms with E-state index in [1.165, 1.54) is 6.07 Å². The van der Waals surface area contributed by atoms with Gasteiger partial charge >= 0.3 is 18.2 Å². The Kier molecular flexibility index (Phi) is 6.41. The number of halogens is 3. The van der Waals surface area contributed by atoms with Gasteiger partial charge in [0.05, 0.1) is 6.54 Å². The third-order valence-corrected chi connectivity index (χ3v) is 4.28. The Labute approximate surface area is 148 Å². The van der Waals surface area contributed by atoms with Crippen LogP contribution in [0.2, 0.25) is 0 Å². The van der Waals surface area contributed by atoms with E-state index >= 15 is 0 Å². The number of carbonyl (C=O) groups is 2. The van der Waals surface area contributed by atoms with E-state index < -0.39 is 23.9 Å². The normalized spacial score (nSPS) is 19.7. The van der Waals surface area contributed by atoms with E-state index in [0.717, 1.165) is 12.3 Å². The summed E-state index contributed by atoms with van der Waals surface area (Å²) in [6.07, 6.45) is -2.19. The van der Waals surface area contributed by atoms with Crippen LogP contribution in [0.25, 0.3) is 0 Å². The van der Waals surface area contributed by atoms with Crippen molar-refractivity contribution in [2.24, 2.45) is 0 Å². The lowest BCUT2D eigenvalue weighted by Crippen LogP contribution is -2.56. The summed E-state index contributed by atoms with van der Waals surface area (Å²) in [4.78, 5) is 27.7. The molecule has 10 heteroatoms. The van der Waals surface area contributed by atoms with E-state index in [2.05, 4.69) is 15.6 Å². The second kappa shape index (κ2) is 8.35. The molecule has 1 saturated carbocycles. The van der Waals surface area contributed by atoms with Crippen LogP contribution >= 0.6 is 0 Å². The Morgan fingerprint density at radius 3 is 2.65 bits per heavy atom. The molecular weight excluding hydrogens is 353 g/mol. The number of rotatable bonds is 7. The number of nitrogens with zero attached hydrogens (tertiary/aromatic N) is 2. The van der Waals surface area contributed by atoms with Gasteiger partial charge in [0.2, 0.25) is 0 Å². The highest BCUT2D eigenvalue weighted by molar-refractivity contribution is 5.74. The molecule has 2 rings (SSSR count). The molecule has 3 N–H and O–H groups in total. The molecule has 1 heterocycles. The minimum atomic E-state index is -4.53. The molecule has 0 aromatic carbocycles. The topological polar surface area (TPSA) is 94.6 Å². The number of pyridine rings is 1. The number of carboxylic acid groups (broad SMARTS) is 1. The number of likely N-dealkylation sites (N-methyl/N-ethyl adjacent to an activating group) is 1. The first kappa shape index (κ1) is 20.0. The molecule has 1 aliphatic rings. The number of carbonyl (C=O) groups excluding carboxylic acids is 1. The van der Waals surface area contributed by atoms with Crippen molar-refractivity contribution in [2.45, 2.75) is 44.6 Å². The standard InChI is InChI=1S/C16H21F3N4O3/c1-2-23(9-14(24)25)12-6-11(7-12)22-15(26)21-8-10-3-4-20-13(5-10)16(17,18)19/h3-5,11-12H,2,6-9H2,1H3,(H,24,25)(H2,21,22,26). The highest BCUT2D eigenvalue weighted by Gasteiger charge is 2.35. The highest BCUT2D eigenvalue weighted by Crippen LogP contribution is 2.28. The second-order valence-electron chi connectivity index (χ2n) is 6.15. The zero-order valence-electron chi connectivity index (χ0n) is 14.2. The van der Waals surface area contributed by atoms with Crippen LogP contribution in [0.5, 0.6) is 0 Å². The molecule has 0 atom stereocenters. The second-order valence-corrected chi connectivity index (χ2v) is 6.15. The number of urea groups is 1. The summed E-state index contributed by atoms with van der Waals surface area (Å²) in [5.41, 5.74) is -0.704. The van der Waals surface area contributed by atoms with Crippen molar-refractivity contribution >= 4 is 12.0 Å². The van der Waals surface area contributed by atoms with Gasteiger partial charge in [0.25, 0.3) is 0 Å². The molecule has 1 aromatic heterocycles. The zero-order valence-corrected chi connectivity index (χ0v) is 14.2. The largest absolute Gasteiger partial charge is 0.480 e. The van der Waals surface area contributed by atoms with Gasteiger partial charge in [-0.1, -0.05) is 6.92 Å². The number of hydrogen-bond acceptors (Lipinski definition) is 4. The van der Waals surface area contributed by atoms with Gasteiger partial charge in [-0.3, -0.25) is 14.7 Å². The fraction of sp³-hybridized carbons (Fsp3) is 0.562.